The van der Waals surface area contributed by atoms with E-state index in [4.69, 9.17) is 0 Å². The summed E-state index contributed by atoms with van der Waals surface area (Å²) in [6.07, 6.45) is 1.93. The van der Waals surface area contributed by atoms with E-state index in [0.717, 1.165) is 6.54 Å². The number of hydrogen-bond donors (Lipinski definition) is 0. The fraction of sp³-hybridized carbons (Fsp3) is 0.0526. The van der Waals surface area contributed by atoms with Crippen LogP contribution in [-0.2, 0) is 0 Å². The van der Waals surface area contributed by atoms with Crippen molar-refractivity contribution in [2.45, 2.75) is 0 Å². The Bertz CT molecular complexity index is 716. The topological polar surface area (TPSA) is 3.24 Å². The molecule has 0 fully saturated rings. The van der Waals surface area contributed by atoms with E-state index in [0.29, 0.717) is 0 Å². The number of para-hydroxylation sites is 1. The summed E-state index contributed by atoms with van der Waals surface area (Å²) in [6.45, 7) is 4.67. The third-order valence-electron chi connectivity index (χ3n) is 3.42. The van der Waals surface area contributed by atoms with Crippen molar-refractivity contribution < 1.29 is 0 Å². The molecule has 20 heavy (non-hydrogen) atoms. The molecule has 0 aliphatic carbocycles. The highest BCUT2D eigenvalue weighted by Gasteiger charge is 2.07. The Labute approximate surface area is 119 Å². The lowest BCUT2D eigenvalue weighted by Crippen LogP contribution is -2.16. The van der Waals surface area contributed by atoms with Gasteiger partial charge in [0, 0.05) is 17.9 Å². The van der Waals surface area contributed by atoms with E-state index in [9.17, 15) is 0 Å². The van der Waals surface area contributed by atoms with Crippen molar-refractivity contribution in [3.05, 3.63) is 85.5 Å². The summed E-state index contributed by atoms with van der Waals surface area (Å²) in [5, 5.41) is 2.53. The van der Waals surface area contributed by atoms with Gasteiger partial charge in [0.25, 0.3) is 0 Å². The standard InChI is InChI=1S/C19H17N/c1-2-14-20(18-10-4-3-5-11-18)19-13-12-16-8-6-7-9-17(16)15-19/h2-13,15H,1,14H2. The van der Waals surface area contributed by atoms with Crippen molar-refractivity contribution in [3.63, 3.8) is 0 Å². The van der Waals surface area contributed by atoms with E-state index >= 15 is 0 Å². The van der Waals surface area contributed by atoms with Gasteiger partial charge >= 0.3 is 0 Å². The lowest BCUT2D eigenvalue weighted by Gasteiger charge is -2.24. The highest BCUT2D eigenvalue weighted by Crippen LogP contribution is 2.28. The maximum absolute atomic E-state index is 3.87. The van der Waals surface area contributed by atoms with Gasteiger partial charge in [-0.15, -0.1) is 6.58 Å². The van der Waals surface area contributed by atoms with Gasteiger partial charge in [0.2, 0.25) is 0 Å². The van der Waals surface area contributed by atoms with Crippen molar-refractivity contribution in [1.82, 2.24) is 0 Å². The van der Waals surface area contributed by atoms with Gasteiger partial charge in [-0.1, -0.05) is 54.6 Å². The summed E-state index contributed by atoms with van der Waals surface area (Å²) in [7, 11) is 0. The largest absolute Gasteiger partial charge is 0.338 e. The quantitative estimate of drug-likeness (QED) is 0.585. The van der Waals surface area contributed by atoms with Crippen LogP contribution in [0.5, 0.6) is 0 Å². The summed E-state index contributed by atoms with van der Waals surface area (Å²) >= 11 is 0. The molecule has 3 rings (SSSR count). The molecule has 1 nitrogen and oxygen atoms in total. The second-order valence-electron chi connectivity index (χ2n) is 4.77. The molecule has 0 bridgehead atoms. The van der Waals surface area contributed by atoms with Crippen LogP contribution >= 0.6 is 0 Å². The molecular formula is C19H17N. The molecule has 0 spiro atoms. The van der Waals surface area contributed by atoms with E-state index in [-0.39, 0.29) is 0 Å². The third kappa shape index (κ3) is 2.43. The first-order valence-corrected chi connectivity index (χ1v) is 6.81. The van der Waals surface area contributed by atoms with Crippen molar-refractivity contribution in [1.29, 1.82) is 0 Å². The Kier molecular flexibility index (Phi) is 3.51. The SMILES string of the molecule is C=CCN(c1ccccc1)c1ccc2ccccc2c1. The third-order valence-corrected chi connectivity index (χ3v) is 3.42. The van der Waals surface area contributed by atoms with E-state index < -0.39 is 0 Å². The van der Waals surface area contributed by atoms with Gasteiger partial charge in [-0.2, -0.15) is 0 Å². The Balaban J connectivity index is 2.07. The van der Waals surface area contributed by atoms with Crippen LogP contribution in [-0.4, -0.2) is 6.54 Å². The van der Waals surface area contributed by atoms with Crippen LogP contribution < -0.4 is 4.90 Å². The predicted octanol–water partition coefficient (Wildman–Crippen LogP) is 5.16. The van der Waals surface area contributed by atoms with Gasteiger partial charge in [-0.25, -0.2) is 0 Å². The fourth-order valence-corrected chi connectivity index (χ4v) is 2.44. The molecule has 0 saturated heterocycles. The van der Waals surface area contributed by atoms with Crippen molar-refractivity contribution in [2.24, 2.45) is 0 Å². The monoisotopic (exact) mass is 259 g/mol. The highest BCUT2D eigenvalue weighted by molar-refractivity contribution is 5.86. The minimum absolute atomic E-state index is 0.794. The Morgan fingerprint density at radius 2 is 1.45 bits per heavy atom. The van der Waals surface area contributed by atoms with Gasteiger partial charge < -0.3 is 4.90 Å². The highest BCUT2D eigenvalue weighted by atomic mass is 15.1. The number of nitrogens with zero attached hydrogens (tertiary/aromatic N) is 1. The molecule has 0 amide bonds. The number of benzene rings is 3. The maximum Gasteiger partial charge on any atom is 0.0420 e. The molecule has 0 N–H and O–H groups in total. The van der Waals surface area contributed by atoms with Gasteiger partial charge in [0.05, 0.1) is 0 Å². The summed E-state index contributed by atoms with van der Waals surface area (Å²) in [5.41, 5.74) is 2.37. The van der Waals surface area contributed by atoms with E-state index in [2.05, 4.69) is 78.2 Å². The molecule has 0 saturated carbocycles. The Hall–Kier alpha value is -2.54. The maximum atomic E-state index is 3.87. The van der Waals surface area contributed by atoms with Crippen LogP contribution in [0.25, 0.3) is 10.8 Å². The summed E-state index contributed by atoms with van der Waals surface area (Å²) in [5.74, 6) is 0. The molecule has 0 aliphatic heterocycles. The van der Waals surface area contributed by atoms with Gasteiger partial charge in [-0.05, 0) is 35.0 Å². The van der Waals surface area contributed by atoms with Crippen LogP contribution in [0.1, 0.15) is 0 Å². The molecule has 3 aromatic carbocycles. The smallest absolute Gasteiger partial charge is 0.0420 e. The van der Waals surface area contributed by atoms with Crippen LogP contribution in [0.15, 0.2) is 85.5 Å². The van der Waals surface area contributed by atoms with Gasteiger partial charge in [0.15, 0.2) is 0 Å². The molecule has 0 unspecified atom stereocenters. The second-order valence-corrected chi connectivity index (χ2v) is 4.77. The average molecular weight is 259 g/mol. The molecule has 0 radical (unpaired) electrons. The molecule has 0 aromatic heterocycles. The Morgan fingerprint density at radius 1 is 0.750 bits per heavy atom. The Morgan fingerprint density at radius 3 is 2.20 bits per heavy atom. The van der Waals surface area contributed by atoms with Crippen molar-refractivity contribution in [2.75, 3.05) is 11.4 Å². The predicted molar refractivity (Wildman–Crippen MR) is 87.6 cm³/mol. The zero-order valence-electron chi connectivity index (χ0n) is 11.4. The molecule has 98 valence electrons. The summed E-state index contributed by atoms with van der Waals surface area (Å²) in [4.78, 5) is 2.26. The van der Waals surface area contributed by atoms with Crippen LogP contribution in [0, 0.1) is 0 Å². The summed E-state index contributed by atoms with van der Waals surface area (Å²) in [6, 6.07) is 25.4. The van der Waals surface area contributed by atoms with E-state index in [1.165, 1.54) is 22.1 Å². The lowest BCUT2D eigenvalue weighted by atomic mass is 10.1. The molecule has 0 aliphatic rings. The first-order chi connectivity index (χ1) is 9.88. The average Bonchev–Trinajstić information content (AvgIpc) is 2.53. The van der Waals surface area contributed by atoms with Gasteiger partial charge in [0.1, 0.15) is 0 Å². The van der Waals surface area contributed by atoms with Crippen LogP contribution in [0.3, 0.4) is 0 Å². The molecule has 1 heteroatoms. The van der Waals surface area contributed by atoms with E-state index in [1.807, 2.05) is 12.1 Å². The number of hydrogen-bond acceptors (Lipinski definition) is 1. The minimum Gasteiger partial charge on any atom is -0.338 e. The number of rotatable bonds is 4. The number of fused-ring (bicyclic) bond motifs is 1. The van der Waals surface area contributed by atoms with Crippen LogP contribution in [0.2, 0.25) is 0 Å². The molecule has 3 aromatic rings. The first kappa shape index (κ1) is 12.5. The summed E-state index contributed by atoms with van der Waals surface area (Å²) < 4.78 is 0. The molecular weight excluding hydrogens is 242 g/mol. The second kappa shape index (κ2) is 5.62. The first-order valence-electron chi connectivity index (χ1n) is 6.81. The zero-order chi connectivity index (χ0) is 13.8. The zero-order valence-corrected chi connectivity index (χ0v) is 11.4. The van der Waals surface area contributed by atoms with Crippen molar-refractivity contribution in [3.8, 4) is 0 Å². The van der Waals surface area contributed by atoms with Gasteiger partial charge in [-0.3, -0.25) is 0 Å². The normalized spacial score (nSPS) is 10.4. The minimum atomic E-state index is 0.794. The number of anilines is 2. The lowest BCUT2D eigenvalue weighted by molar-refractivity contribution is 1.10. The molecule has 0 atom stereocenters. The molecule has 0 heterocycles. The fourth-order valence-electron chi connectivity index (χ4n) is 2.44. The van der Waals surface area contributed by atoms with Crippen LogP contribution in [0.4, 0.5) is 11.4 Å². The van der Waals surface area contributed by atoms with Crippen molar-refractivity contribution >= 4 is 22.1 Å². The van der Waals surface area contributed by atoms with E-state index in [1.54, 1.807) is 0 Å².